The van der Waals surface area contributed by atoms with Crippen LogP contribution in [0.5, 0.6) is 5.75 Å². The molecule has 2 N–H and O–H groups in total. The quantitative estimate of drug-likeness (QED) is 0.863. The number of anilines is 2. The van der Waals surface area contributed by atoms with Gasteiger partial charge < -0.3 is 15.4 Å². The van der Waals surface area contributed by atoms with Gasteiger partial charge in [-0.1, -0.05) is 22.0 Å². The summed E-state index contributed by atoms with van der Waals surface area (Å²) < 4.78 is 19.2. The summed E-state index contributed by atoms with van der Waals surface area (Å²) >= 11 is 3.33. The fourth-order valence-electron chi connectivity index (χ4n) is 1.73. The molecule has 2 aromatic rings. The first-order chi connectivity index (χ1) is 10.1. The van der Waals surface area contributed by atoms with Crippen molar-refractivity contribution in [1.82, 2.24) is 0 Å². The lowest BCUT2D eigenvalue weighted by Gasteiger charge is -2.09. The Hall–Kier alpha value is -2.08. The van der Waals surface area contributed by atoms with E-state index in [1.165, 1.54) is 19.2 Å². The molecule has 0 unspecified atom stereocenters. The number of nitrogens with one attached hydrogen (secondary N) is 2. The molecule has 0 aliphatic rings. The average molecular weight is 353 g/mol. The highest BCUT2D eigenvalue weighted by Gasteiger charge is 2.06. The molecule has 2 aromatic carbocycles. The highest BCUT2D eigenvalue weighted by atomic mass is 79.9. The zero-order valence-corrected chi connectivity index (χ0v) is 12.9. The van der Waals surface area contributed by atoms with Crippen molar-refractivity contribution in [1.29, 1.82) is 0 Å². The lowest BCUT2D eigenvalue weighted by molar-refractivity contribution is -0.114. The summed E-state index contributed by atoms with van der Waals surface area (Å²) in [6.45, 7) is 0.0400. The van der Waals surface area contributed by atoms with E-state index in [1.54, 1.807) is 18.2 Å². The van der Waals surface area contributed by atoms with E-state index in [1.807, 2.05) is 12.1 Å². The number of ether oxygens (including phenoxy) is 1. The fourth-order valence-corrected chi connectivity index (χ4v) is 2.13. The van der Waals surface area contributed by atoms with Gasteiger partial charge in [-0.25, -0.2) is 4.39 Å². The number of carbonyl (C=O) groups is 1. The van der Waals surface area contributed by atoms with E-state index in [4.69, 9.17) is 4.74 Å². The smallest absolute Gasteiger partial charge is 0.243 e. The van der Waals surface area contributed by atoms with Gasteiger partial charge in [-0.3, -0.25) is 4.79 Å². The lowest BCUT2D eigenvalue weighted by atomic mass is 10.3. The molecule has 110 valence electrons. The van der Waals surface area contributed by atoms with E-state index in [0.29, 0.717) is 11.4 Å². The summed E-state index contributed by atoms with van der Waals surface area (Å²) in [4.78, 5) is 11.8. The van der Waals surface area contributed by atoms with Gasteiger partial charge in [0.05, 0.1) is 13.7 Å². The molecule has 4 nitrogen and oxygen atoms in total. The van der Waals surface area contributed by atoms with Crippen molar-refractivity contribution < 1.29 is 13.9 Å². The molecule has 0 aromatic heterocycles. The minimum atomic E-state index is -0.477. The van der Waals surface area contributed by atoms with E-state index in [9.17, 15) is 9.18 Å². The van der Waals surface area contributed by atoms with Crippen LogP contribution in [0.25, 0.3) is 0 Å². The third kappa shape index (κ3) is 4.46. The van der Waals surface area contributed by atoms with Crippen molar-refractivity contribution in [3.05, 3.63) is 52.8 Å². The molecule has 0 spiro atoms. The van der Waals surface area contributed by atoms with Crippen LogP contribution in [0.1, 0.15) is 0 Å². The topological polar surface area (TPSA) is 50.4 Å². The fraction of sp³-hybridized carbons (Fsp3) is 0.133. The van der Waals surface area contributed by atoms with Gasteiger partial charge in [-0.15, -0.1) is 0 Å². The average Bonchev–Trinajstić information content (AvgIpc) is 2.45. The van der Waals surface area contributed by atoms with Gasteiger partial charge in [0.25, 0.3) is 0 Å². The highest BCUT2D eigenvalue weighted by Crippen LogP contribution is 2.20. The predicted molar refractivity (Wildman–Crippen MR) is 84.2 cm³/mol. The summed E-state index contributed by atoms with van der Waals surface area (Å²) in [7, 11) is 1.40. The summed E-state index contributed by atoms with van der Waals surface area (Å²) in [5.41, 5.74) is 1.20. The van der Waals surface area contributed by atoms with Crippen LogP contribution in [0.4, 0.5) is 15.8 Å². The predicted octanol–water partition coefficient (Wildman–Crippen LogP) is 3.65. The van der Waals surface area contributed by atoms with Gasteiger partial charge >= 0.3 is 0 Å². The Bertz CT molecular complexity index is 649. The zero-order valence-electron chi connectivity index (χ0n) is 11.3. The number of hydrogen-bond acceptors (Lipinski definition) is 3. The molecule has 0 fully saturated rings. The molecule has 0 saturated heterocycles. The van der Waals surface area contributed by atoms with Gasteiger partial charge in [-0.2, -0.15) is 0 Å². The van der Waals surface area contributed by atoms with Crippen LogP contribution in [0.15, 0.2) is 46.9 Å². The summed E-state index contributed by atoms with van der Waals surface area (Å²) in [5.74, 6) is -0.529. The zero-order chi connectivity index (χ0) is 15.2. The van der Waals surface area contributed by atoms with Crippen molar-refractivity contribution in [2.45, 2.75) is 0 Å². The van der Waals surface area contributed by atoms with Crippen LogP contribution in [0, 0.1) is 5.82 Å². The Labute approximate surface area is 130 Å². The molecule has 1 amide bonds. The first-order valence-electron chi connectivity index (χ1n) is 6.21. The maximum absolute atomic E-state index is 13.5. The van der Waals surface area contributed by atoms with Crippen LogP contribution >= 0.6 is 15.9 Å². The Morgan fingerprint density at radius 3 is 2.71 bits per heavy atom. The van der Waals surface area contributed by atoms with Gasteiger partial charge in [0.1, 0.15) is 0 Å². The molecule has 21 heavy (non-hydrogen) atoms. The van der Waals surface area contributed by atoms with Crippen LogP contribution < -0.4 is 15.4 Å². The summed E-state index contributed by atoms with van der Waals surface area (Å²) in [5, 5.41) is 5.59. The van der Waals surface area contributed by atoms with E-state index in [2.05, 4.69) is 26.6 Å². The van der Waals surface area contributed by atoms with Gasteiger partial charge in [-0.05, 0) is 30.3 Å². The highest BCUT2D eigenvalue weighted by molar-refractivity contribution is 9.10. The normalized spacial score (nSPS) is 10.0. The van der Waals surface area contributed by atoms with Crippen molar-refractivity contribution in [2.24, 2.45) is 0 Å². The second kappa shape index (κ2) is 7.08. The van der Waals surface area contributed by atoms with Gasteiger partial charge in [0, 0.05) is 21.9 Å². The standard InChI is InChI=1S/C15H14BrFN2O2/c1-21-14-6-5-11(8-13(14)17)18-9-15(20)19-12-4-2-3-10(16)7-12/h2-8,18H,9H2,1H3,(H,19,20). The summed E-state index contributed by atoms with van der Waals surface area (Å²) in [6.07, 6.45) is 0. The van der Waals surface area contributed by atoms with Crippen molar-refractivity contribution in [3.8, 4) is 5.75 Å². The van der Waals surface area contributed by atoms with E-state index < -0.39 is 5.82 Å². The van der Waals surface area contributed by atoms with Crippen LogP contribution in [0.2, 0.25) is 0 Å². The molecular formula is C15H14BrFN2O2. The van der Waals surface area contributed by atoms with E-state index >= 15 is 0 Å². The number of benzene rings is 2. The molecule has 0 bridgehead atoms. The first kappa shape index (κ1) is 15.3. The molecular weight excluding hydrogens is 339 g/mol. The van der Waals surface area contributed by atoms with E-state index in [-0.39, 0.29) is 18.2 Å². The summed E-state index contributed by atoms with van der Waals surface area (Å²) in [6, 6.07) is 11.7. The Balaban J connectivity index is 1.90. The molecule has 0 saturated carbocycles. The van der Waals surface area contributed by atoms with Crippen molar-refractivity contribution in [2.75, 3.05) is 24.3 Å². The number of amides is 1. The third-order valence-corrected chi connectivity index (χ3v) is 3.21. The van der Waals surface area contributed by atoms with Crippen LogP contribution in [-0.2, 0) is 4.79 Å². The number of halogens is 2. The number of methoxy groups -OCH3 is 1. The Morgan fingerprint density at radius 2 is 2.05 bits per heavy atom. The molecule has 0 atom stereocenters. The Kier molecular flexibility index (Phi) is 5.16. The number of carbonyl (C=O) groups excluding carboxylic acids is 1. The molecule has 2 rings (SSSR count). The number of hydrogen-bond donors (Lipinski definition) is 2. The lowest BCUT2D eigenvalue weighted by Crippen LogP contribution is -2.21. The first-order valence-corrected chi connectivity index (χ1v) is 7.00. The van der Waals surface area contributed by atoms with Crippen LogP contribution in [-0.4, -0.2) is 19.6 Å². The number of rotatable bonds is 5. The molecule has 6 heteroatoms. The van der Waals surface area contributed by atoms with E-state index in [0.717, 1.165) is 4.47 Å². The minimum Gasteiger partial charge on any atom is -0.494 e. The minimum absolute atomic E-state index is 0.0400. The second-order valence-electron chi connectivity index (χ2n) is 4.26. The van der Waals surface area contributed by atoms with Gasteiger partial charge in [0.15, 0.2) is 11.6 Å². The van der Waals surface area contributed by atoms with Crippen molar-refractivity contribution >= 4 is 33.2 Å². The second-order valence-corrected chi connectivity index (χ2v) is 5.18. The van der Waals surface area contributed by atoms with Gasteiger partial charge in [0.2, 0.25) is 5.91 Å². The van der Waals surface area contributed by atoms with Crippen molar-refractivity contribution in [3.63, 3.8) is 0 Å². The molecule has 0 heterocycles. The molecule has 0 aliphatic heterocycles. The Morgan fingerprint density at radius 1 is 1.24 bits per heavy atom. The third-order valence-electron chi connectivity index (χ3n) is 2.71. The molecule has 0 aliphatic carbocycles. The molecule has 0 radical (unpaired) electrons. The van der Waals surface area contributed by atoms with Crippen LogP contribution in [0.3, 0.4) is 0 Å². The maximum Gasteiger partial charge on any atom is 0.243 e. The SMILES string of the molecule is COc1ccc(NCC(=O)Nc2cccc(Br)c2)cc1F. The largest absolute Gasteiger partial charge is 0.494 e. The maximum atomic E-state index is 13.5. The monoisotopic (exact) mass is 352 g/mol.